The molecule has 0 amide bonds. The van der Waals surface area contributed by atoms with Gasteiger partial charge in [0.1, 0.15) is 5.75 Å². The number of methoxy groups -OCH3 is 1. The third-order valence-electron chi connectivity index (χ3n) is 4.58. The molecule has 2 fully saturated rings. The van der Waals surface area contributed by atoms with Crippen LogP contribution in [0.1, 0.15) is 50.6 Å². The minimum Gasteiger partial charge on any atom is -0.497 e. The maximum Gasteiger partial charge on any atom is 0.157 e. The SMILES string of the molecule is COc1ccc(C(C)N=C2NC3(CCCCC3)CS2)cc1. The lowest BCUT2D eigenvalue weighted by molar-refractivity contribution is 0.303. The lowest BCUT2D eigenvalue weighted by atomic mass is 9.83. The van der Waals surface area contributed by atoms with E-state index in [1.165, 1.54) is 43.4 Å². The zero-order valence-electron chi connectivity index (χ0n) is 12.9. The van der Waals surface area contributed by atoms with Crippen LogP contribution >= 0.6 is 11.8 Å². The minimum absolute atomic E-state index is 0.185. The van der Waals surface area contributed by atoms with Gasteiger partial charge in [0, 0.05) is 11.3 Å². The number of rotatable bonds is 3. The maximum atomic E-state index is 5.21. The molecule has 1 aliphatic carbocycles. The predicted molar refractivity (Wildman–Crippen MR) is 90.3 cm³/mol. The molecule has 1 heterocycles. The lowest BCUT2D eigenvalue weighted by Gasteiger charge is -2.32. The summed E-state index contributed by atoms with van der Waals surface area (Å²) in [5, 5.41) is 4.84. The summed E-state index contributed by atoms with van der Waals surface area (Å²) in [5.74, 6) is 2.08. The summed E-state index contributed by atoms with van der Waals surface area (Å²) in [6, 6.07) is 8.39. The highest BCUT2D eigenvalue weighted by atomic mass is 32.2. The van der Waals surface area contributed by atoms with Crippen LogP contribution < -0.4 is 10.1 Å². The second-order valence-corrected chi connectivity index (χ2v) is 7.10. The van der Waals surface area contributed by atoms with Gasteiger partial charge < -0.3 is 10.1 Å². The second-order valence-electron chi connectivity index (χ2n) is 6.14. The molecule has 1 saturated heterocycles. The fraction of sp³-hybridized carbons (Fsp3) is 0.588. The molecular formula is C17H24N2OS. The number of nitrogens with zero attached hydrogens (tertiary/aromatic N) is 1. The Bertz CT molecular complexity index is 506. The van der Waals surface area contributed by atoms with E-state index in [1.54, 1.807) is 7.11 Å². The fourth-order valence-electron chi connectivity index (χ4n) is 3.21. The molecule has 0 radical (unpaired) electrons. The van der Waals surface area contributed by atoms with Crippen LogP contribution in [0.3, 0.4) is 0 Å². The number of thioether (sulfide) groups is 1. The molecule has 1 atom stereocenters. The molecule has 114 valence electrons. The summed E-state index contributed by atoms with van der Waals surface area (Å²) >= 11 is 1.89. The maximum absolute atomic E-state index is 5.21. The van der Waals surface area contributed by atoms with E-state index in [2.05, 4.69) is 24.4 Å². The molecule has 1 saturated carbocycles. The Kier molecular flexibility index (Phi) is 4.43. The Labute approximate surface area is 131 Å². The van der Waals surface area contributed by atoms with E-state index in [-0.39, 0.29) is 6.04 Å². The number of hydrogen-bond donors (Lipinski definition) is 1. The normalized spacial score (nSPS) is 24.0. The standard InChI is InChI=1S/C17H24N2OS/c1-13(14-6-8-15(20-2)9-7-14)18-16-19-17(12-21-16)10-4-3-5-11-17/h6-9,13H,3-5,10-12H2,1-2H3,(H,18,19). The number of nitrogens with one attached hydrogen (secondary N) is 1. The molecule has 1 unspecified atom stereocenters. The van der Waals surface area contributed by atoms with Crippen molar-refractivity contribution >= 4 is 16.9 Å². The first-order valence-electron chi connectivity index (χ1n) is 7.84. The molecule has 2 aliphatic rings. The van der Waals surface area contributed by atoms with Crippen molar-refractivity contribution in [3.63, 3.8) is 0 Å². The van der Waals surface area contributed by atoms with E-state index in [4.69, 9.17) is 9.73 Å². The van der Waals surface area contributed by atoms with Gasteiger partial charge in [0.25, 0.3) is 0 Å². The number of hydrogen-bond acceptors (Lipinski definition) is 3. The van der Waals surface area contributed by atoms with E-state index in [9.17, 15) is 0 Å². The van der Waals surface area contributed by atoms with Crippen LogP contribution in [0.15, 0.2) is 29.3 Å². The summed E-state index contributed by atoms with van der Waals surface area (Å²) in [5.41, 5.74) is 1.57. The number of ether oxygens (including phenoxy) is 1. The third kappa shape index (κ3) is 3.37. The summed E-state index contributed by atoms with van der Waals surface area (Å²) in [6.45, 7) is 2.16. The zero-order chi connectivity index (χ0) is 14.7. The van der Waals surface area contributed by atoms with Gasteiger partial charge in [-0.1, -0.05) is 43.2 Å². The first kappa shape index (κ1) is 14.8. The summed E-state index contributed by atoms with van der Waals surface area (Å²) in [6.07, 6.45) is 6.71. The molecule has 1 spiro atoms. The van der Waals surface area contributed by atoms with E-state index in [0.717, 1.165) is 10.9 Å². The van der Waals surface area contributed by atoms with Crippen molar-refractivity contribution in [2.24, 2.45) is 4.99 Å². The van der Waals surface area contributed by atoms with E-state index in [0.29, 0.717) is 5.54 Å². The molecule has 3 nitrogen and oxygen atoms in total. The van der Waals surface area contributed by atoms with Crippen LogP contribution in [0.25, 0.3) is 0 Å². The van der Waals surface area contributed by atoms with E-state index in [1.807, 2.05) is 23.9 Å². The Balaban J connectivity index is 1.67. The van der Waals surface area contributed by atoms with Gasteiger partial charge in [0.15, 0.2) is 5.17 Å². The van der Waals surface area contributed by atoms with Crippen LogP contribution in [-0.4, -0.2) is 23.6 Å². The molecule has 4 heteroatoms. The molecule has 1 aliphatic heterocycles. The van der Waals surface area contributed by atoms with Crippen molar-refractivity contribution < 1.29 is 4.74 Å². The average Bonchev–Trinajstić information content (AvgIpc) is 2.90. The smallest absolute Gasteiger partial charge is 0.157 e. The summed E-state index contributed by atoms with van der Waals surface area (Å²) in [4.78, 5) is 4.88. The molecular weight excluding hydrogens is 280 g/mol. The first-order chi connectivity index (χ1) is 10.2. The Morgan fingerprint density at radius 1 is 1.19 bits per heavy atom. The highest BCUT2D eigenvalue weighted by Crippen LogP contribution is 2.36. The fourth-order valence-corrected chi connectivity index (χ4v) is 4.50. The molecule has 1 aromatic carbocycles. The van der Waals surface area contributed by atoms with Crippen LogP contribution in [0.5, 0.6) is 5.75 Å². The van der Waals surface area contributed by atoms with Crippen molar-refractivity contribution in [3.8, 4) is 5.75 Å². The number of amidine groups is 1. The molecule has 1 aromatic rings. The van der Waals surface area contributed by atoms with Gasteiger partial charge in [0.05, 0.1) is 13.2 Å². The topological polar surface area (TPSA) is 33.6 Å². The van der Waals surface area contributed by atoms with E-state index >= 15 is 0 Å². The van der Waals surface area contributed by atoms with Gasteiger partial charge in [-0.25, -0.2) is 0 Å². The largest absolute Gasteiger partial charge is 0.497 e. The van der Waals surface area contributed by atoms with Crippen LogP contribution in [0.4, 0.5) is 0 Å². The third-order valence-corrected chi connectivity index (χ3v) is 5.75. The first-order valence-corrected chi connectivity index (χ1v) is 8.82. The quantitative estimate of drug-likeness (QED) is 0.910. The van der Waals surface area contributed by atoms with Gasteiger partial charge in [-0.15, -0.1) is 0 Å². The summed E-state index contributed by atoms with van der Waals surface area (Å²) in [7, 11) is 1.70. The van der Waals surface area contributed by atoms with Crippen molar-refractivity contribution in [2.75, 3.05) is 12.9 Å². The Morgan fingerprint density at radius 3 is 2.57 bits per heavy atom. The predicted octanol–water partition coefficient (Wildman–Crippen LogP) is 4.15. The number of aliphatic imine (C=N–C) groups is 1. The molecule has 0 bridgehead atoms. The van der Waals surface area contributed by atoms with Gasteiger partial charge in [-0.2, -0.15) is 0 Å². The lowest BCUT2D eigenvalue weighted by Crippen LogP contribution is -2.45. The molecule has 21 heavy (non-hydrogen) atoms. The molecule has 0 aromatic heterocycles. The second kappa shape index (κ2) is 6.30. The zero-order valence-corrected chi connectivity index (χ0v) is 13.7. The van der Waals surface area contributed by atoms with Crippen LogP contribution in [-0.2, 0) is 0 Å². The Hall–Kier alpha value is -1.16. The average molecular weight is 304 g/mol. The van der Waals surface area contributed by atoms with Crippen LogP contribution in [0.2, 0.25) is 0 Å². The highest BCUT2D eigenvalue weighted by Gasteiger charge is 2.38. The van der Waals surface area contributed by atoms with Gasteiger partial charge in [-0.05, 0) is 37.5 Å². The van der Waals surface area contributed by atoms with Crippen molar-refractivity contribution in [2.45, 2.75) is 50.6 Å². The van der Waals surface area contributed by atoms with Crippen molar-refractivity contribution in [1.29, 1.82) is 0 Å². The molecule has 3 rings (SSSR count). The van der Waals surface area contributed by atoms with E-state index < -0.39 is 0 Å². The van der Waals surface area contributed by atoms with Gasteiger partial charge in [-0.3, -0.25) is 4.99 Å². The van der Waals surface area contributed by atoms with Crippen molar-refractivity contribution in [3.05, 3.63) is 29.8 Å². The monoisotopic (exact) mass is 304 g/mol. The highest BCUT2D eigenvalue weighted by molar-refractivity contribution is 8.14. The summed E-state index contributed by atoms with van der Waals surface area (Å²) < 4.78 is 5.21. The Morgan fingerprint density at radius 2 is 1.90 bits per heavy atom. The van der Waals surface area contributed by atoms with Crippen molar-refractivity contribution in [1.82, 2.24) is 5.32 Å². The minimum atomic E-state index is 0.185. The number of benzene rings is 1. The van der Waals surface area contributed by atoms with Gasteiger partial charge >= 0.3 is 0 Å². The van der Waals surface area contributed by atoms with Gasteiger partial charge in [0.2, 0.25) is 0 Å². The van der Waals surface area contributed by atoms with Crippen LogP contribution in [0, 0.1) is 0 Å². The molecule has 1 N–H and O–H groups in total.